The fourth-order valence-corrected chi connectivity index (χ4v) is 2.58. The summed E-state index contributed by atoms with van der Waals surface area (Å²) in [6, 6.07) is 12.9. The fraction of sp³-hybridized carbons (Fsp3) is 0.0714. The Bertz CT molecular complexity index is 579. The summed E-state index contributed by atoms with van der Waals surface area (Å²) in [6.07, 6.45) is 0.313. The Kier molecular flexibility index (Phi) is 4.60. The minimum Gasteiger partial charge on any atom is -0.294 e. The Hall–Kier alpha value is -0.640. The quantitative estimate of drug-likeness (QED) is 0.653. The molecule has 0 fully saturated rings. The van der Waals surface area contributed by atoms with Crippen molar-refractivity contribution in [1.82, 2.24) is 0 Å². The molecule has 2 rings (SSSR count). The molecule has 0 radical (unpaired) electrons. The summed E-state index contributed by atoms with van der Waals surface area (Å²) in [5.41, 5.74) is 1.53. The summed E-state index contributed by atoms with van der Waals surface area (Å²) in [5, 5.41) is 0.606. The number of Topliss-reactive ketones (excluding diaryl/α,β-unsaturated/α-hetero) is 1. The minimum absolute atomic E-state index is 0.0618. The zero-order chi connectivity index (χ0) is 13.1. The lowest BCUT2D eigenvalue weighted by molar-refractivity contribution is 0.0993. The maximum Gasteiger partial charge on any atom is 0.167 e. The zero-order valence-corrected chi connectivity index (χ0v) is 13.2. The van der Waals surface area contributed by atoms with Gasteiger partial charge in [-0.25, -0.2) is 0 Å². The third-order valence-corrected chi connectivity index (χ3v) is 3.91. The lowest BCUT2D eigenvalue weighted by Crippen LogP contribution is -2.03. The molecule has 92 valence electrons. The first-order chi connectivity index (χ1) is 8.56. The van der Waals surface area contributed by atoms with Crippen molar-refractivity contribution in [2.75, 3.05) is 0 Å². The highest BCUT2D eigenvalue weighted by atomic mass is 79.9. The van der Waals surface area contributed by atoms with Crippen LogP contribution in [0, 0.1) is 0 Å². The summed E-state index contributed by atoms with van der Waals surface area (Å²) in [4.78, 5) is 12.1. The van der Waals surface area contributed by atoms with Crippen LogP contribution in [0.2, 0.25) is 5.02 Å². The second-order valence-corrected chi connectivity index (χ2v) is 6.08. The van der Waals surface area contributed by atoms with Gasteiger partial charge in [0.05, 0.1) is 0 Å². The van der Waals surface area contributed by atoms with Crippen LogP contribution in [0.4, 0.5) is 0 Å². The number of halogens is 3. The van der Waals surface area contributed by atoms with Gasteiger partial charge in [0.1, 0.15) is 0 Å². The van der Waals surface area contributed by atoms with E-state index in [9.17, 15) is 4.79 Å². The molecule has 4 heteroatoms. The largest absolute Gasteiger partial charge is 0.294 e. The van der Waals surface area contributed by atoms with E-state index in [0.29, 0.717) is 17.0 Å². The van der Waals surface area contributed by atoms with Gasteiger partial charge in [-0.05, 0) is 29.8 Å². The molecular weight excluding hydrogens is 379 g/mol. The average Bonchev–Trinajstić information content (AvgIpc) is 2.33. The Labute approximate surface area is 127 Å². The zero-order valence-electron chi connectivity index (χ0n) is 9.29. The molecule has 0 amide bonds. The van der Waals surface area contributed by atoms with Crippen molar-refractivity contribution in [2.24, 2.45) is 0 Å². The van der Waals surface area contributed by atoms with E-state index in [1.54, 1.807) is 18.2 Å². The highest BCUT2D eigenvalue weighted by Crippen LogP contribution is 2.23. The summed E-state index contributed by atoms with van der Waals surface area (Å²) in [6.45, 7) is 0. The number of hydrogen-bond acceptors (Lipinski definition) is 1. The van der Waals surface area contributed by atoms with E-state index in [0.717, 1.165) is 14.5 Å². The molecule has 0 aromatic heterocycles. The molecule has 0 N–H and O–H groups in total. The summed E-state index contributed by atoms with van der Waals surface area (Å²) >= 11 is 12.8. The number of benzene rings is 2. The van der Waals surface area contributed by atoms with Gasteiger partial charge in [0.2, 0.25) is 0 Å². The van der Waals surface area contributed by atoms with Crippen LogP contribution in [-0.4, -0.2) is 5.78 Å². The predicted molar refractivity (Wildman–Crippen MR) is 81.3 cm³/mol. The molecule has 0 bridgehead atoms. The van der Waals surface area contributed by atoms with E-state index in [1.807, 2.05) is 24.3 Å². The molecule has 0 atom stereocenters. The summed E-state index contributed by atoms with van der Waals surface area (Å²) < 4.78 is 1.87. The first-order valence-corrected chi connectivity index (χ1v) is 7.25. The van der Waals surface area contributed by atoms with Crippen LogP contribution in [0.3, 0.4) is 0 Å². The van der Waals surface area contributed by atoms with Crippen LogP contribution in [0.25, 0.3) is 0 Å². The molecule has 1 nitrogen and oxygen atoms in total. The maximum absolute atomic E-state index is 12.1. The molecular formula is C14H9Br2ClO. The maximum atomic E-state index is 12.1. The topological polar surface area (TPSA) is 17.1 Å². The third kappa shape index (κ3) is 3.44. The summed E-state index contributed by atoms with van der Waals surface area (Å²) in [7, 11) is 0. The van der Waals surface area contributed by atoms with Crippen molar-refractivity contribution in [3.63, 3.8) is 0 Å². The van der Waals surface area contributed by atoms with Crippen LogP contribution in [0.1, 0.15) is 15.9 Å². The summed E-state index contributed by atoms with van der Waals surface area (Å²) in [5.74, 6) is 0.0618. The normalized spacial score (nSPS) is 10.4. The molecule has 0 aliphatic rings. The Balaban J connectivity index is 2.18. The number of ketones is 1. The van der Waals surface area contributed by atoms with Gasteiger partial charge in [0.15, 0.2) is 5.78 Å². The highest BCUT2D eigenvalue weighted by Gasteiger charge is 2.09. The van der Waals surface area contributed by atoms with E-state index in [-0.39, 0.29) is 5.78 Å². The van der Waals surface area contributed by atoms with Gasteiger partial charge in [-0.15, -0.1) is 0 Å². The van der Waals surface area contributed by atoms with E-state index in [2.05, 4.69) is 31.9 Å². The smallest absolute Gasteiger partial charge is 0.167 e. The van der Waals surface area contributed by atoms with Gasteiger partial charge in [0.25, 0.3) is 0 Å². The molecule has 0 aliphatic carbocycles. The van der Waals surface area contributed by atoms with E-state index in [4.69, 9.17) is 11.6 Å². The molecule has 18 heavy (non-hydrogen) atoms. The van der Waals surface area contributed by atoms with Gasteiger partial charge in [-0.3, -0.25) is 4.79 Å². The van der Waals surface area contributed by atoms with Gasteiger partial charge in [-0.1, -0.05) is 61.7 Å². The van der Waals surface area contributed by atoms with Gasteiger partial charge >= 0.3 is 0 Å². The Morgan fingerprint density at radius 1 is 1.00 bits per heavy atom. The van der Waals surface area contributed by atoms with Crippen molar-refractivity contribution in [2.45, 2.75) is 6.42 Å². The molecule has 2 aromatic rings. The highest BCUT2D eigenvalue weighted by molar-refractivity contribution is 9.10. The lowest BCUT2D eigenvalue weighted by atomic mass is 10.0. The van der Waals surface area contributed by atoms with Crippen LogP contribution in [0.5, 0.6) is 0 Å². The van der Waals surface area contributed by atoms with E-state index in [1.165, 1.54) is 0 Å². The van der Waals surface area contributed by atoms with Crippen molar-refractivity contribution >= 4 is 49.2 Å². The molecule has 0 saturated heterocycles. The second kappa shape index (κ2) is 6.00. The van der Waals surface area contributed by atoms with Gasteiger partial charge in [0, 0.05) is 26.0 Å². The average molecular weight is 388 g/mol. The minimum atomic E-state index is 0.0618. The lowest BCUT2D eigenvalue weighted by Gasteiger charge is -2.04. The Morgan fingerprint density at radius 2 is 1.61 bits per heavy atom. The van der Waals surface area contributed by atoms with E-state index >= 15 is 0 Å². The molecule has 0 heterocycles. The van der Waals surface area contributed by atoms with E-state index < -0.39 is 0 Å². The van der Waals surface area contributed by atoms with Crippen molar-refractivity contribution in [3.05, 3.63) is 67.6 Å². The molecule has 0 unspecified atom stereocenters. The predicted octanol–water partition coefficient (Wildman–Crippen LogP) is 5.29. The molecule has 0 aliphatic heterocycles. The number of carbonyl (C=O) groups excluding carboxylic acids is 1. The van der Waals surface area contributed by atoms with Crippen molar-refractivity contribution in [1.29, 1.82) is 0 Å². The first kappa shape index (κ1) is 13.8. The van der Waals surface area contributed by atoms with Crippen LogP contribution in [0.15, 0.2) is 51.4 Å². The van der Waals surface area contributed by atoms with Crippen LogP contribution >= 0.6 is 43.5 Å². The number of carbonyl (C=O) groups is 1. The molecule has 2 aromatic carbocycles. The van der Waals surface area contributed by atoms with Crippen LogP contribution in [-0.2, 0) is 6.42 Å². The van der Waals surface area contributed by atoms with Crippen molar-refractivity contribution < 1.29 is 4.79 Å². The number of hydrogen-bond donors (Lipinski definition) is 0. The van der Waals surface area contributed by atoms with Crippen LogP contribution < -0.4 is 0 Å². The second-order valence-electron chi connectivity index (χ2n) is 3.84. The first-order valence-electron chi connectivity index (χ1n) is 5.29. The van der Waals surface area contributed by atoms with Gasteiger partial charge < -0.3 is 0 Å². The molecule has 0 spiro atoms. The molecule has 0 saturated carbocycles. The third-order valence-electron chi connectivity index (χ3n) is 2.53. The van der Waals surface area contributed by atoms with Crippen molar-refractivity contribution in [3.8, 4) is 0 Å². The Morgan fingerprint density at radius 3 is 2.22 bits per heavy atom. The number of rotatable bonds is 3. The van der Waals surface area contributed by atoms with Gasteiger partial charge in [-0.2, -0.15) is 0 Å². The monoisotopic (exact) mass is 386 g/mol. The SMILES string of the molecule is O=C(Cc1ccc(Br)cc1Cl)c1ccc(Br)cc1. The standard InChI is InChI=1S/C14H9Br2ClO/c15-11-4-1-9(2-5-11)14(18)7-10-3-6-12(16)8-13(10)17/h1-6,8H,7H2. The fourth-order valence-electron chi connectivity index (χ4n) is 1.58.